The van der Waals surface area contributed by atoms with Gasteiger partial charge in [-0.25, -0.2) is 9.59 Å². The number of para-hydroxylation sites is 1. The molecule has 0 saturated carbocycles. The third-order valence-electron chi connectivity index (χ3n) is 7.64. The lowest BCUT2D eigenvalue weighted by Crippen LogP contribution is -2.36. The number of rotatable bonds is 13. The first kappa shape index (κ1) is 33.7. The number of hydrogen-bond donors (Lipinski definition) is 0. The Labute approximate surface area is 267 Å². The normalized spacial score (nSPS) is 14.6. The molecule has 1 amide bonds. The Morgan fingerprint density at radius 1 is 0.889 bits per heavy atom. The van der Waals surface area contributed by atoms with E-state index in [0.717, 1.165) is 60.3 Å². The first-order valence-corrected chi connectivity index (χ1v) is 16.0. The second kappa shape index (κ2) is 15.7. The van der Waals surface area contributed by atoms with Crippen LogP contribution in [0.2, 0.25) is 0 Å². The van der Waals surface area contributed by atoms with E-state index >= 15 is 0 Å². The fraction of sp³-hybridized carbons (Fsp3) is 0.459. The topological polar surface area (TPSA) is 83.5 Å². The molecule has 242 valence electrons. The molecule has 0 bridgehead atoms. The summed E-state index contributed by atoms with van der Waals surface area (Å²) in [4.78, 5) is 26.9. The highest BCUT2D eigenvalue weighted by molar-refractivity contribution is 5.92. The molecule has 1 aliphatic heterocycles. The van der Waals surface area contributed by atoms with Crippen molar-refractivity contribution in [2.75, 3.05) is 26.9 Å². The number of amides is 1. The minimum atomic E-state index is -0.522. The zero-order valence-electron chi connectivity index (χ0n) is 27.5. The fourth-order valence-electron chi connectivity index (χ4n) is 5.52. The zero-order valence-corrected chi connectivity index (χ0v) is 27.5. The molecule has 0 spiro atoms. The maximum atomic E-state index is 12.8. The van der Waals surface area contributed by atoms with Crippen LogP contribution in [0, 0.1) is 0 Å². The molecular formula is C37H47NO7. The third kappa shape index (κ3) is 8.93. The quantitative estimate of drug-likeness (QED) is 0.140. The van der Waals surface area contributed by atoms with Gasteiger partial charge in [-0.1, -0.05) is 50.6 Å². The predicted molar refractivity (Wildman–Crippen MR) is 175 cm³/mol. The molecule has 1 saturated heterocycles. The second-order valence-corrected chi connectivity index (χ2v) is 12.2. The van der Waals surface area contributed by atoms with Crippen molar-refractivity contribution in [2.45, 2.75) is 84.8 Å². The average Bonchev–Trinajstić information content (AvgIpc) is 3.52. The predicted octanol–water partition coefficient (Wildman–Crippen LogP) is 8.70. The number of methoxy groups -OCH3 is 1. The summed E-state index contributed by atoms with van der Waals surface area (Å²) in [6.07, 6.45) is 4.82. The van der Waals surface area contributed by atoms with Crippen molar-refractivity contribution < 1.29 is 33.3 Å². The van der Waals surface area contributed by atoms with Gasteiger partial charge in [0.1, 0.15) is 34.2 Å². The Kier molecular flexibility index (Phi) is 11.7. The molecule has 0 radical (unpaired) electrons. The van der Waals surface area contributed by atoms with Crippen molar-refractivity contribution >= 4 is 12.1 Å². The van der Waals surface area contributed by atoms with Gasteiger partial charge in [-0.05, 0) is 87.9 Å². The van der Waals surface area contributed by atoms with Crippen LogP contribution in [0.25, 0.3) is 0 Å². The highest BCUT2D eigenvalue weighted by Gasteiger charge is 2.33. The summed E-state index contributed by atoms with van der Waals surface area (Å²) in [5.74, 6) is 2.26. The lowest BCUT2D eigenvalue weighted by Gasteiger charge is -2.29. The highest BCUT2D eigenvalue weighted by atomic mass is 16.6. The van der Waals surface area contributed by atoms with Gasteiger partial charge in [-0.2, -0.15) is 0 Å². The Morgan fingerprint density at radius 3 is 2.31 bits per heavy atom. The van der Waals surface area contributed by atoms with Crippen LogP contribution in [0.5, 0.6) is 23.0 Å². The average molecular weight is 618 g/mol. The molecule has 1 fully saturated rings. The van der Waals surface area contributed by atoms with Gasteiger partial charge in [-0.15, -0.1) is 0 Å². The molecule has 0 N–H and O–H groups in total. The van der Waals surface area contributed by atoms with Gasteiger partial charge in [0.15, 0.2) is 0 Å². The molecule has 45 heavy (non-hydrogen) atoms. The van der Waals surface area contributed by atoms with Crippen molar-refractivity contribution in [1.29, 1.82) is 0 Å². The first-order chi connectivity index (χ1) is 21.6. The monoisotopic (exact) mass is 617 g/mol. The number of benzene rings is 3. The van der Waals surface area contributed by atoms with E-state index in [9.17, 15) is 9.59 Å². The van der Waals surface area contributed by atoms with Crippen LogP contribution in [0.1, 0.15) is 93.4 Å². The van der Waals surface area contributed by atoms with Crippen LogP contribution in [0.15, 0.2) is 60.7 Å². The van der Waals surface area contributed by atoms with Crippen LogP contribution in [-0.4, -0.2) is 49.4 Å². The molecular weight excluding hydrogens is 570 g/mol. The summed E-state index contributed by atoms with van der Waals surface area (Å²) in [6.45, 7) is 11.6. The smallest absolute Gasteiger partial charge is 0.410 e. The van der Waals surface area contributed by atoms with Gasteiger partial charge in [-0.3, -0.25) is 0 Å². The molecule has 1 aliphatic rings. The molecule has 1 unspecified atom stereocenters. The SMILES string of the molecule is CCCc1c(OCCCOc2ccc(C3CCCN3C(=O)OC(C)(C)C)cc2CC)cccc1Oc1ccccc1C(=O)OC. The van der Waals surface area contributed by atoms with E-state index in [4.69, 9.17) is 23.7 Å². The van der Waals surface area contributed by atoms with E-state index in [0.29, 0.717) is 43.2 Å². The molecule has 0 aromatic heterocycles. The van der Waals surface area contributed by atoms with Gasteiger partial charge in [0.05, 0.1) is 26.4 Å². The molecule has 3 aromatic rings. The Hall–Kier alpha value is -4.20. The van der Waals surface area contributed by atoms with E-state index in [1.165, 1.54) is 7.11 Å². The van der Waals surface area contributed by atoms with Crippen LogP contribution < -0.4 is 14.2 Å². The van der Waals surface area contributed by atoms with Crippen LogP contribution in [0.4, 0.5) is 4.79 Å². The lowest BCUT2D eigenvalue weighted by molar-refractivity contribution is 0.0224. The molecule has 8 heteroatoms. The highest BCUT2D eigenvalue weighted by Crippen LogP contribution is 2.36. The standard InChI is InChI=1S/C37H47NO7/c1-7-14-28-32(18-11-19-33(28)44-34-17-10-9-15-29(34)35(39)41-6)43-24-13-23-42-31-21-20-27(25-26(31)8-2)30-16-12-22-38(30)36(40)45-37(3,4)5/h9-11,15,17-21,25,30H,7-8,12-14,16,22-24H2,1-6H3. The lowest BCUT2D eigenvalue weighted by atomic mass is 10.00. The van der Waals surface area contributed by atoms with Crippen molar-refractivity contribution in [3.8, 4) is 23.0 Å². The van der Waals surface area contributed by atoms with Gasteiger partial charge in [0, 0.05) is 18.5 Å². The van der Waals surface area contributed by atoms with E-state index in [2.05, 4.69) is 26.0 Å². The van der Waals surface area contributed by atoms with Crippen LogP contribution in [0.3, 0.4) is 0 Å². The number of esters is 1. The fourth-order valence-corrected chi connectivity index (χ4v) is 5.52. The number of hydrogen-bond acceptors (Lipinski definition) is 7. The molecule has 8 nitrogen and oxygen atoms in total. The summed E-state index contributed by atoms with van der Waals surface area (Å²) in [7, 11) is 1.36. The molecule has 3 aromatic carbocycles. The van der Waals surface area contributed by atoms with Gasteiger partial charge >= 0.3 is 12.1 Å². The van der Waals surface area contributed by atoms with Crippen molar-refractivity contribution in [3.05, 3.63) is 82.9 Å². The van der Waals surface area contributed by atoms with Crippen molar-refractivity contribution in [1.82, 2.24) is 4.90 Å². The largest absolute Gasteiger partial charge is 0.493 e. The maximum absolute atomic E-state index is 12.8. The number of carbonyl (C=O) groups excluding carboxylic acids is 2. The molecule has 1 heterocycles. The van der Waals surface area contributed by atoms with E-state index in [1.54, 1.807) is 18.2 Å². The number of carbonyl (C=O) groups is 2. The maximum Gasteiger partial charge on any atom is 0.410 e. The minimum Gasteiger partial charge on any atom is -0.493 e. The van der Waals surface area contributed by atoms with E-state index in [-0.39, 0.29) is 12.1 Å². The van der Waals surface area contributed by atoms with Gasteiger partial charge in [0.25, 0.3) is 0 Å². The number of aryl methyl sites for hydroxylation is 1. The number of likely N-dealkylation sites (tertiary alicyclic amines) is 1. The zero-order chi connectivity index (χ0) is 32.4. The van der Waals surface area contributed by atoms with Crippen LogP contribution >= 0.6 is 0 Å². The third-order valence-corrected chi connectivity index (χ3v) is 7.64. The van der Waals surface area contributed by atoms with E-state index in [1.807, 2.05) is 56.0 Å². The van der Waals surface area contributed by atoms with Gasteiger partial charge in [0.2, 0.25) is 0 Å². The second-order valence-electron chi connectivity index (χ2n) is 12.2. The van der Waals surface area contributed by atoms with Crippen molar-refractivity contribution in [2.24, 2.45) is 0 Å². The number of nitrogens with zero attached hydrogens (tertiary/aromatic N) is 1. The Morgan fingerprint density at radius 2 is 1.60 bits per heavy atom. The summed E-state index contributed by atoms with van der Waals surface area (Å²) < 4.78 is 29.2. The van der Waals surface area contributed by atoms with Crippen LogP contribution in [-0.2, 0) is 22.3 Å². The van der Waals surface area contributed by atoms with Gasteiger partial charge < -0.3 is 28.6 Å². The summed E-state index contributed by atoms with van der Waals surface area (Å²) in [5.41, 5.74) is 3.04. The summed E-state index contributed by atoms with van der Waals surface area (Å²) in [6, 6.07) is 19.1. The Balaban J connectivity index is 1.36. The Bertz CT molecular complexity index is 1440. The summed E-state index contributed by atoms with van der Waals surface area (Å²) in [5, 5.41) is 0. The van der Waals surface area contributed by atoms with Crippen molar-refractivity contribution in [3.63, 3.8) is 0 Å². The first-order valence-electron chi connectivity index (χ1n) is 16.0. The molecule has 0 aliphatic carbocycles. The molecule has 4 rings (SSSR count). The minimum absolute atomic E-state index is 0.0126. The summed E-state index contributed by atoms with van der Waals surface area (Å²) >= 11 is 0. The molecule has 1 atom stereocenters. The van der Waals surface area contributed by atoms with E-state index < -0.39 is 11.6 Å². The number of ether oxygens (including phenoxy) is 5.